The van der Waals surface area contributed by atoms with Crippen LogP contribution in [-0.2, 0) is 4.79 Å². The average molecular weight is 181 g/mol. The van der Waals surface area contributed by atoms with Crippen LogP contribution < -0.4 is 4.74 Å². The number of ether oxygens (including phenoxy) is 1. The van der Waals surface area contributed by atoms with Gasteiger partial charge in [0, 0.05) is 0 Å². The second-order valence-corrected chi connectivity index (χ2v) is 2.87. The Morgan fingerprint density at radius 2 is 1.62 bits per heavy atom. The fourth-order valence-electron chi connectivity index (χ4n) is 0.555. The summed E-state index contributed by atoms with van der Waals surface area (Å²) in [5.74, 6) is 0.576. The van der Waals surface area contributed by atoms with E-state index in [9.17, 15) is 4.79 Å². The van der Waals surface area contributed by atoms with Gasteiger partial charge in [0.05, 0.1) is 0 Å². The van der Waals surface area contributed by atoms with Crippen LogP contribution in [0.4, 0.5) is 0 Å². The molecule has 0 aliphatic carbocycles. The summed E-state index contributed by atoms with van der Waals surface area (Å²) < 4.78 is 4.53. The standard InChI is InChI=1S/C7H6O2.C3H9N/c8-6-9-7-4-2-1-3-5-7;1-4(2)3/h1-6H;1-3H3. The highest BCUT2D eigenvalue weighted by molar-refractivity contribution is 5.44. The Kier molecular flexibility index (Phi) is 6.55. The van der Waals surface area contributed by atoms with Crippen molar-refractivity contribution in [3.63, 3.8) is 0 Å². The van der Waals surface area contributed by atoms with Gasteiger partial charge in [-0.1, -0.05) is 18.2 Å². The third kappa shape index (κ3) is 8.56. The molecule has 0 fully saturated rings. The number of carbonyl (C=O) groups excluding carboxylic acids is 1. The summed E-state index contributed by atoms with van der Waals surface area (Å²) in [6.07, 6.45) is 0. The van der Waals surface area contributed by atoms with E-state index in [4.69, 9.17) is 0 Å². The van der Waals surface area contributed by atoms with Gasteiger partial charge in [0.1, 0.15) is 5.75 Å². The van der Waals surface area contributed by atoms with Crippen molar-refractivity contribution >= 4 is 6.47 Å². The van der Waals surface area contributed by atoms with Crippen LogP contribution in [0.25, 0.3) is 0 Å². The molecular formula is C10H15NO2. The van der Waals surface area contributed by atoms with Gasteiger partial charge in [-0.15, -0.1) is 0 Å². The van der Waals surface area contributed by atoms with Crippen molar-refractivity contribution in [1.82, 2.24) is 4.90 Å². The lowest BCUT2D eigenvalue weighted by molar-refractivity contribution is -0.120. The first-order valence-corrected chi connectivity index (χ1v) is 3.93. The molecule has 72 valence electrons. The van der Waals surface area contributed by atoms with E-state index in [1.807, 2.05) is 32.1 Å². The second kappa shape index (κ2) is 7.31. The van der Waals surface area contributed by atoms with Crippen molar-refractivity contribution in [2.45, 2.75) is 0 Å². The molecule has 1 aromatic carbocycles. The van der Waals surface area contributed by atoms with Crippen LogP contribution in [0.5, 0.6) is 5.75 Å². The molecule has 0 saturated carbocycles. The van der Waals surface area contributed by atoms with E-state index in [0.717, 1.165) is 0 Å². The monoisotopic (exact) mass is 181 g/mol. The van der Waals surface area contributed by atoms with Crippen LogP contribution in [-0.4, -0.2) is 32.5 Å². The van der Waals surface area contributed by atoms with E-state index < -0.39 is 0 Å². The van der Waals surface area contributed by atoms with Gasteiger partial charge in [-0.2, -0.15) is 0 Å². The quantitative estimate of drug-likeness (QED) is 0.646. The first-order valence-electron chi connectivity index (χ1n) is 3.93. The number of hydrogen-bond donors (Lipinski definition) is 0. The molecule has 0 bridgehead atoms. The van der Waals surface area contributed by atoms with Crippen molar-refractivity contribution < 1.29 is 9.53 Å². The molecule has 3 nitrogen and oxygen atoms in total. The smallest absolute Gasteiger partial charge is 0.298 e. The van der Waals surface area contributed by atoms with Gasteiger partial charge >= 0.3 is 0 Å². The minimum Gasteiger partial charge on any atom is -0.429 e. The normalized spacial score (nSPS) is 8.62. The third-order valence-corrected chi connectivity index (χ3v) is 0.927. The Morgan fingerprint density at radius 3 is 2.00 bits per heavy atom. The zero-order valence-corrected chi connectivity index (χ0v) is 8.23. The predicted molar refractivity (Wildman–Crippen MR) is 52.7 cm³/mol. The largest absolute Gasteiger partial charge is 0.429 e. The third-order valence-electron chi connectivity index (χ3n) is 0.927. The van der Waals surface area contributed by atoms with Crippen LogP contribution in [0, 0.1) is 0 Å². The SMILES string of the molecule is CN(C)C.O=COc1ccccc1. The number of carbonyl (C=O) groups is 1. The molecule has 0 radical (unpaired) electrons. The lowest BCUT2D eigenvalue weighted by Crippen LogP contribution is -1.99. The molecule has 0 unspecified atom stereocenters. The zero-order chi connectivity index (χ0) is 10.1. The molecule has 0 spiro atoms. The Morgan fingerprint density at radius 1 is 1.15 bits per heavy atom. The van der Waals surface area contributed by atoms with Crippen LogP contribution in [0.3, 0.4) is 0 Å². The molecule has 0 amide bonds. The summed E-state index contributed by atoms with van der Waals surface area (Å²) in [7, 11) is 6.00. The number of para-hydroxylation sites is 1. The van der Waals surface area contributed by atoms with Crippen molar-refractivity contribution in [3.8, 4) is 5.75 Å². The Hall–Kier alpha value is -1.35. The fraction of sp³-hybridized carbons (Fsp3) is 0.300. The van der Waals surface area contributed by atoms with E-state index in [1.165, 1.54) is 0 Å². The molecule has 0 atom stereocenters. The molecule has 0 aliphatic heterocycles. The van der Waals surface area contributed by atoms with Crippen molar-refractivity contribution in [2.75, 3.05) is 21.1 Å². The molecule has 1 aromatic rings. The Bertz CT molecular complexity index is 219. The number of rotatable bonds is 2. The van der Waals surface area contributed by atoms with Gasteiger partial charge in [0.15, 0.2) is 0 Å². The summed E-state index contributed by atoms with van der Waals surface area (Å²) in [6, 6.07) is 8.90. The fourth-order valence-corrected chi connectivity index (χ4v) is 0.555. The van der Waals surface area contributed by atoms with Crippen LogP contribution in [0.2, 0.25) is 0 Å². The number of nitrogens with zero attached hydrogens (tertiary/aromatic N) is 1. The van der Waals surface area contributed by atoms with Gasteiger partial charge < -0.3 is 9.64 Å². The van der Waals surface area contributed by atoms with Gasteiger partial charge in [-0.25, -0.2) is 0 Å². The first kappa shape index (κ1) is 11.6. The highest BCUT2D eigenvalue weighted by Gasteiger charge is 1.84. The maximum Gasteiger partial charge on any atom is 0.298 e. The molecule has 0 aromatic heterocycles. The topological polar surface area (TPSA) is 29.5 Å². The van der Waals surface area contributed by atoms with Crippen LogP contribution in [0.1, 0.15) is 0 Å². The molecule has 0 N–H and O–H groups in total. The zero-order valence-electron chi connectivity index (χ0n) is 8.23. The van der Waals surface area contributed by atoms with Crippen LogP contribution >= 0.6 is 0 Å². The molecular weight excluding hydrogens is 166 g/mol. The molecule has 3 heteroatoms. The summed E-state index contributed by atoms with van der Waals surface area (Å²) in [6.45, 7) is 0.412. The summed E-state index contributed by atoms with van der Waals surface area (Å²) in [4.78, 5) is 11.8. The van der Waals surface area contributed by atoms with E-state index in [1.54, 1.807) is 24.3 Å². The van der Waals surface area contributed by atoms with Crippen molar-refractivity contribution in [2.24, 2.45) is 0 Å². The maximum atomic E-state index is 9.75. The lowest BCUT2D eigenvalue weighted by Gasteiger charge is -1.92. The minimum absolute atomic E-state index is 0.412. The number of benzene rings is 1. The van der Waals surface area contributed by atoms with Crippen molar-refractivity contribution in [1.29, 1.82) is 0 Å². The van der Waals surface area contributed by atoms with Crippen molar-refractivity contribution in [3.05, 3.63) is 30.3 Å². The predicted octanol–water partition coefficient (Wildman–Crippen LogP) is 1.40. The lowest BCUT2D eigenvalue weighted by atomic mass is 10.3. The van der Waals surface area contributed by atoms with Crippen LogP contribution in [0.15, 0.2) is 30.3 Å². The van der Waals surface area contributed by atoms with E-state index in [-0.39, 0.29) is 0 Å². The molecule has 0 aliphatic rings. The molecule has 0 heterocycles. The Labute approximate surface area is 78.9 Å². The number of hydrogen-bond acceptors (Lipinski definition) is 3. The molecule has 13 heavy (non-hydrogen) atoms. The minimum atomic E-state index is 0.412. The van der Waals surface area contributed by atoms with E-state index in [0.29, 0.717) is 12.2 Å². The molecule has 1 rings (SSSR count). The summed E-state index contributed by atoms with van der Waals surface area (Å²) >= 11 is 0. The van der Waals surface area contributed by atoms with E-state index in [2.05, 4.69) is 4.74 Å². The highest BCUT2D eigenvalue weighted by Crippen LogP contribution is 2.05. The maximum absolute atomic E-state index is 9.75. The Balaban J connectivity index is 0.000000310. The highest BCUT2D eigenvalue weighted by atomic mass is 16.5. The van der Waals surface area contributed by atoms with E-state index >= 15 is 0 Å². The van der Waals surface area contributed by atoms with Gasteiger partial charge in [0.25, 0.3) is 6.47 Å². The van der Waals surface area contributed by atoms with Gasteiger partial charge in [-0.05, 0) is 33.3 Å². The second-order valence-electron chi connectivity index (χ2n) is 2.87. The first-order chi connectivity index (χ1) is 6.16. The van der Waals surface area contributed by atoms with Gasteiger partial charge in [0.2, 0.25) is 0 Å². The molecule has 0 saturated heterocycles. The van der Waals surface area contributed by atoms with Gasteiger partial charge in [-0.3, -0.25) is 4.79 Å². The summed E-state index contributed by atoms with van der Waals surface area (Å²) in [5, 5.41) is 0. The average Bonchev–Trinajstić information content (AvgIpc) is 2.06. The summed E-state index contributed by atoms with van der Waals surface area (Å²) in [5.41, 5.74) is 0.